The SMILES string of the molecule is CCCCCCCC1CCC2CC(c3ccc(C(=O)Oc4ccc(CC)cc4)cc3F)CCC2C1. The Morgan fingerprint density at radius 1 is 0.886 bits per heavy atom. The Labute approximate surface area is 211 Å². The van der Waals surface area contributed by atoms with E-state index in [9.17, 15) is 4.79 Å². The molecule has 190 valence electrons. The molecule has 2 aliphatic rings. The first kappa shape index (κ1) is 25.9. The van der Waals surface area contributed by atoms with Crippen LogP contribution in [0.4, 0.5) is 4.39 Å². The highest BCUT2D eigenvalue weighted by atomic mass is 19.1. The van der Waals surface area contributed by atoms with Gasteiger partial charge in [0.15, 0.2) is 0 Å². The normalized spacial score (nSPS) is 24.1. The number of carbonyl (C=O) groups excluding carboxylic acids is 1. The van der Waals surface area contributed by atoms with Gasteiger partial charge >= 0.3 is 5.97 Å². The van der Waals surface area contributed by atoms with Crippen molar-refractivity contribution in [1.82, 2.24) is 0 Å². The number of carbonyl (C=O) groups is 1. The molecule has 2 saturated carbocycles. The van der Waals surface area contributed by atoms with E-state index in [1.54, 1.807) is 18.2 Å². The zero-order chi connectivity index (χ0) is 24.6. The second-order valence-electron chi connectivity index (χ2n) is 11.0. The van der Waals surface area contributed by atoms with Crippen LogP contribution in [0.3, 0.4) is 0 Å². The minimum Gasteiger partial charge on any atom is -0.423 e. The van der Waals surface area contributed by atoms with Gasteiger partial charge < -0.3 is 4.74 Å². The Balaban J connectivity index is 1.29. The fourth-order valence-corrected chi connectivity index (χ4v) is 6.51. The Hall–Kier alpha value is -2.16. The lowest BCUT2D eigenvalue weighted by molar-refractivity contribution is 0.0734. The van der Waals surface area contributed by atoms with Gasteiger partial charge in [-0.3, -0.25) is 0 Å². The number of unbranched alkanes of at least 4 members (excludes halogenated alkanes) is 4. The minimum atomic E-state index is -0.503. The molecule has 4 rings (SSSR count). The number of hydrogen-bond donors (Lipinski definition) is 0. The molecule has 0 saturated heterocycles. The predicted octanol–water partition coefficient (Wildman–Crippen LogP) is 9.27. The predicted molar refractivity (Wildman–Crippen MR) is 141 cm³/mol. The summed E-state index contributed by atoms with van der Waals surface area (Å²) in [6.45, 7) is 4.36. The molecule has 0 spiro atoms. The van der Waals surface area contributed by atoms with Gasteiger partial charge in [0.05, 0.1) is 5.56 Å². The molecule has 2 nitrogen and oxygen atoms in total. The van der Waals surface area contributed by atoms with Crippen LogP contribution < -0.4 is 4.74 Å². The van der Waals surface area contributed by atoms with Crippen molar-refractivity contribution in [3.63, 3.8) is 0 Å². The second-order valence-corrected chi connectivity index (χ2v) is 11.0. The lowest BCUT2D eigenvalue weighted by Gasteiger charge is -2.42. The van der Waals surface area contributed by atoms with E-state index in [-0.39, 0.29) is 17.3 Å². The van der Waals surface area contributed by atoms with Crippen LogP contribution in [-0.2, 0) is 6.42 Å². The Morgan fingerprint density at radius 2 is 1.63 bits per heavy atom. The van der Waals surface area contributed by atoms with E-state index in [1.807, 2.05) is 18.2 Å². The van der Waals surface area contributed by atoms with E-state index in [4.69, 9.17) is 4.74 Å². The van der Waals surface area contributed by atoms with Gasteiger partial charge in [0.1, 0.15) is 11.6 Å². The maximum atomic E-state index is 15.1. The number of esters is 1. The fraction of sp³-hybridized carbons (Fsp3) is 0.594. The van der Waals surface area contributed by atoms with Crippen LogP contribution in [0, 0.1) is 23.6 Å². The quantitative estimate of drug-likeness (QED) is 0.193. The molecule has 2 fully saturated rings. The first-order valence-corrected chi connectivity index (χ1v) is 14.2. The molecule has 2 aromatic carbocycles. The van der Waals surface area contributed by atoms with Gasteiger partial charge in [0.25, 0.3) is 0 Å². The van der Waals surface area contributed by atoms with Crippen molar-refractivity contribution in [3.8, 4) is 5.75 Å². The van der Waals surface area contributed by atoms with Gasteiger partial charge in [-0.2, -0.15) is 0 Å². The molecule has 4 unspecified atom stereocenters. The van der Waals surface area contributed by atoms with E-state index < -0.39 is 5.97 Å². The van der Waals surface area contributed by atoms with Crippen molar-refractivity contribution in [2.24, 2.45) is 17.8 Å². The number of rotatable bonds is 10. The summed E-state index contributed by atoms with van der Waals surface area (Å²) in [6.07, 6.45) is 16.7. The van der Waals surface area contributed by atoms with E-state index in [1.165, 1.54) is 75.8 Å². The highest BCUT2D eigenvalue weighted by molar-refractivity contribution is 5.91. The van der Waals surface area contributed by atoms with Gasteiger partial charge in [-0.15, -0.1) is 0 Å². The van der Waals surface area contributed by atoms with Crippen molar-refractivity contribution in [3.05, 3.63) is 65.0 Å². The molecular weight excluding hydrogens is 435 g/mol. The molecule has 2 aromatic rings. The van der Waals surface area contributed by atoms with Crippen LogP contribution in [0.2, 0.25) is 0 Å². The number of hydrogen-bond acceptors (Lipinski definition) is 2. The van der Waals surface area contributed by atoms with Crippen molar-refractivity contribution in [1.29, 1.82) is 0 Å². The molecular formula is C32H43FO2. The average Bonchev–Trinajstić information content (AvgIpc) is 2.88. The highest BCUT2D eigenvalue weighted by Crippen LogP contribution is 2.48. The topological polar surface area (TPSA) is 26.3 Å². The van der Waals surface area contributed by atoms with Crippen LogP contribution in [-0.4, -0.2) is 5.97 Å². The summed E-state index contributed by atoms with van der Waals surface area (Å²) in [7, 11) is 0. The van der Waals surface area contributed by atoms with Gasteiger partial charge in [-0.25, -0.2) is 9.18 Å². The summed E-state index contributed by atoms with van der Waals surface area (Å²) in [5, 5.41) is 0. The molecule has 35 heavy (non-hydrogen) atoms. The first-order chi connectivity index (χ1) is 17.1. The van der Waals surface area contributed by atoms with E-state index in [0.29, 0.717) is 5.75 Å². The molecule has 2 aliphatic carbocycles. The van der Waals surface area contributed by atoms with Crippen LogP contribution in [0.15, 0.2) is 42.5 Å². The minimum absolute atomic E-state index is 0.259. The highest BCUT2D eigenvalue weighted by Gasteiger charge is 2.36. The number of halogens is 1. The summed E-state index contributed by atoms with van der Waals surface area (Å²) in [6, 6.07) is 12.4. The second kappa shape index (κ2) is 12.7. The fourth-order valence-electron chi connectivity index (χ4n) is 6.51. The van der Waals surface area contributed by atoms with E-state index in [2.05, 4.69) is 13.8 Å². The Bertz CT molecular complexity index is 951. The largest absolute Gasteiger partial charge is 0.423 e. The summed E-state index contributed by atoms with van der Waals surface area (Å²) in [5.74, 6) is 2.48. The maximum absolute atomic E-state index is 15.1. The smallest absolute Gasteiger partial charge is 0.343 e. The molecule has 4 atom stereocenters. The summed E-state index contributed by atoms with van der Waals surface area (Å²) >= 11 is 0. The van der Waals surface area contributed by atoms with Gasteiger partial charge in [-0.1, -0.05) is 77.0 Å². The third-order valence-electron chi connectivity index (χ3n) is 8.66. The lowest BCUT2D eigenvalue weighted by atomic mass is 9.63. The van der Waals surface area contributed by atoms with E-state index >= 15 is 4.39 Å². The Morgan fingerprint density at radius 3 is 2.37 bits per heavy atom. The van der Waals surface area contributed by atoms with Gasteiger partial charge in [-0.05, 0) is 97.6 Å². The van der Waals surface area contributed by atoms with E-state index in [0.717, 1.165) is 42.6 Å². The number of aryl methyl sites for hydroxylation is 1. The van der Waals surface area contributed by atoms with Crippen LogP contribution in [0.1, 0.15) is 118 Å². The number of fused-ring (bicyclic) bond motifs is 1. The van der Waals surface area contributed by atoms with Gasteiger partial charge in [0, 0.05) is 0 Å². The van der Waals surface area contributed by atoms with Crippen molar-refractivity contribution >= 4 is 5.97 Å². The van der Waals surface area contributed by atoms with Crippen molar-refractivity contribution in [2.45, 2.75) is 103 Å². The zero-order valence-corrected chi connectivity index (χ0v) is 21.7. The molecule has 0 heterocycles. The number of ether oxygens (including phenoxy) is 1. The van der Waals surface area contributed by atoms with Crippen molar-refractivity contribution in [2.75, 3.05) is 0 Å². The molecule has 0 aliphatic heterocycles. The zero-order valence-electron chi connectivity index (χ0n) is 21.7. The van der Waals surface area contributed by atoms with Crippen LogP contribution in [0.5, 0.6) is 5.75 Å². The molecule has 0 aromatic heterocycles. The summed E-state index contributed by atoms with van der Waals surface area (Å²) < 4.78 is 20.6. The standard InChI is InChI=1S/C32H43FO2/c1-3-5-6-7-8-9-24-10-13-26-21-27(15-14-25(26)20-24)30-19-16-28(22-31(30)33)32(34)35-29-17-11-23(4-2)12-18-29/h11-12,16-19,22,24-27H,3-10,13-15,20-21H2,1-2H3. The summed E-state index contributed by atoms with van der Waals surface area (Å²) in [4.78, 5) is 12.6. The third kappa shape index (κ3) is 6.96. The third-order valence-corrected chi connectivity index (χ3v) is 8.66. The summed E-state index contributed by atoms with van der Waals surface area (Å²) in [5.41, 5.74) is 2.25. The lowest BCUT2D eigenvalue weighted by Crippen LogP contribution is -2.30. The Kier molecular flexibility index (Phi) is 9.40. The van der Waals surface area contributed by atoms with Gasteiger partial charge in [0.2, 0.25) is 0 Å². The van der Waals surface area contributed by atoms with Crippen molar-refractivity contribution < 1.29 is 13.9 Å². The molecule has 0 amide bonds. The molecule has 0 radical (unpaired) electrons. The monoisotopic (exact) mass is 478 g/mol. The first-order valence-electron chi connectivity index (χ1n) is 14.2. The van der Waals surface area contributed by atoms with Crippen LogP contribution in [0.25, 0.3) is 0 Å². The number of benzene rings is 2. The molecule has 3 heteroatoms. The maximum Gasteiger partial charge on any atom is 0.343 e. The average molecular weight is 479 g/mol. The van der Waals surface area contributed by atoms with Crippen LogP contribution >= 0.6 is 0 Å². The molecule has 0 N–H and O–H groups in total. The molecule has 0 bridgehead atoms.